The summed E-state index contributed by atoms with van der Waals surface area (Å²) in [5.74, 6) is 1.72. The minimum absolute atomic E-state index is 0. The van der Waals surface area contributed by atoms with Gasteiger partial charge in [-0.1, -0.05) is 0 Å². The fraction of sp³-hybridized carbons (Fsp3) is 0.438. The molecule has 0 saturated carbocycles. The van der Waals surface area contributed by atoms with Crippen molar-refractivity contribution in [3.05, 3.63) is 46.0 Å². The molecule has 0 aromatic carbocycles. The number of nitrogens with one attached hydrogen (secondary N) is 2. The third kappa shape index (κ3) is 5.22. The van der Waals surface area contributed by atoms with Crippen LogP contribution in [0, 0.1) is 0 Å². The van der Waals surface area contributed by atoms with Crippen LogP contribution in [-0.4, -0.2) is 37.5 Å². The Kier molecular flexibility index (Phi) is 7.38. The predicted molar refractivity (Wildman–Crippen MR) is 106 cm³/mol. The van der Waals surface area contributed by atoms with E-state index < -0.39 is 0 Å². The lowest BCUT2D eigenvalue weighted by atomic mass is 10.1. The summed E-state index contributed by atoms with van der Waals surface area (Å²) in [4.78, 5) is 8.28. The van der Waals surface area contributed by atoms with Crippen LogP contribution in [0.2, 0.25) is 0 Å². The van der Waals surface area contributed by atoms with Crippen LogP contribution >= 0.6 is 35.3 Å². The lowest BCUT2D eigenvalue weighted by Crippen LogP contribution is -2.42. The second-order valence-corrected chi connectivity index (χ2v) is 6.33. The van der Waals surface area contributed by atoms with Gasteiger partial charge in [-0.05, 0) is 35.6 Å². The molecule has 2 aromatic rings. The van der Waals surface area contributed by atoms with Crippen LogP contribution in [-0.2, 0) is 19.5 Å². The second kappa shape index (κ2) is 9.29. The number of rotatable bonds is 5. The molecule has 0 aliphatic carbocycles. The number of aliphatic imine (C=N–C) groups is 1. The van der Waals surface area contributed by atoms with Gasteiger partial charge in [0, 0.05) is 38.1 Å². The van der Waals surface area contributed by atoms with E-state index in [1.54, 1.807) is 18.2 Å². The Labute approximate surface area is 158 Å². The van der Waals surface area contributed by atoms with Crippen molar-refractivity contribution >= 4 is 41.3 Å². The SMILES string of the molecule is CN=C(NCCN1CCc2sccc2C1)NCc1ccco1.I. The number of fused-ring (bicyclic) bond motifs is 1. The van der Waals surface area contributed by atoms with Crippen molar-refractivity contribution in [2.75, 3.05) is 26.7 Å². The van der Waals surface area contributed by atoms with Crippen LogP contribution < -0.4 is 10.6 Å². The average Bonchev–Trinajstić information content (AvgIpc) is 3.21. The third-order valence-electron chi connectivity index (χ3n) is 3.84. The highest BCUT2D eigenvalue weighted by molar-refractivity contribution is 14.0. The number of furan rings is 1. The molecular formula is C16H23IN4OS. The molecule has 7 heteroatoms. The van der Waals surface area contributed by atoms with Gasteiger partial charge in [-0.3, -0.25) is 9.89 Å². The van der Waals surface area contributed by atoms with Crippen LogP contribution in [0.4, 0.5) is 0 Å². The van der Waals surface area contributed by atoms with Crippen molar-refractivity contribution in [2.45, 2.75) is 19.5 Å². The Bertz CT molecular complexity index is 611. The fourth-order valence-corrected chi connectivity index (χ4v) is 3.52. The van der Waals surface area contributed by atoms with Gasteiger partial charge in [0.15, 0.2) is 5.96 Å². The van der Waals surface area contributed by atoms with Gasteiger partial charge in [0.1, 0.15) is 5.76 Å². The Morgan fingerprint density at radius 1 is 1.39 bits per heavy atom. The first-order chi connectivity index (χ1) is 10.8. The zero-order valence-electron chi connectivity index (χ0n) is 13.2. The number of hydrogen-bond donors (Lipinski definition) is 2. The first-order valence-corrected chi connectivity index (χ1v) is 8.47. The Morgan fingerprint density at radius 2 is 2.30 bits per heavy atom. The maximum Gasteiger partial charge on any atom is 0.191 e. The Hall–Kier alpha value is -1.06. The highest BCUT2D eigenvalue weighted by Gasteiger charge is 2.16. The number of guanidine groups is 1. The first-order valence-electron chi connectivity index (χ1n) is 7.59. The molecule has 0 bridgehead atoms. The maximum absolute atomic E-state index is 5.30. The van der Waals surface area contributed by atoms with E-state index in [1.807, 2.05) is 23.5 Å². The molecule has 0 atom stereocenters. The molecule has 2 aromatic heterocycles. The summed E-state index contributed by atoms with van der Waals surface area (Å²) in [6.07, 6.45) is 2.86. The molecule has 1 aliphatic rings. The lowest BCUT2D eigenvalue weighted by molar-refractivity contribution is 0.260. The van der Waals surface area contributed by atoms with Crippen LogP contribution in [0.15, 0.2) is 39.3 Å². The summed E-state index contributed by atoms with van der Waals surface area (Å²) in [5.41, 5.74) is 1.50. The summed E-state index contributed by atoms with van der Waals surface area (Å²) in [6.45, 7) is 4.77. The van der Waals surface area contributed by atoms with Crippen molar-refractivity contribution in [3.63, 3.8) is 0 Å². The molecule has 0 radical (unpaired) electrons. The monoisotopic (exact) mass is 446 g/mol. The van der Waals surface area contributed by atoms with Crippen molar-refractivity contribution in [3.8, 4) is 0 Å². The summed E-state index contributed by atoms with van der Waals surface area (Å²) in [7, 11) is 1.79. The second-order valence-electron chi connectivity index (χ2n) is 5.33. The zero-order chi connectivity index (χ0) is 15.2. The maximum atomic E-state index is 5.30. The molecule has 126 valence electrons. The van der Waals surface area contributed by atoms with Crippen molar-refractivity contribution < 1.29 is 4.42 Å². The molecule has 5 nitrogen and oxygen atoms in total. The van der Waals surface area contributed by atoms with E-state index >= 15 is 0 Å². The molecule has 0 spiro atoms. The first kappa shape index (κ1) is 18.3. The minimum Gasteiger partial charge on any atom is -0.467 e. The number of nitrogens with zero attached hydrogens (tertiary/aromatic N) is 2. The largest absolute Gasteiger partial charge is 0.467 e. The van der Waals surface area contributed by atoms with Gasteiger partial charge in [-0.25, -0.2) is 0 Å². The molecule has 0 fully saturated rings. The summed E-state index contributed by atoms with van der Waals surface area (Å²) in [5, 5.41) is 8.81. The highest BCUT2D eigenvalue weighted by Crippen LogP contribution is 2.23. The topological polar surface area (TPSA) is 52.8 Å². The standard InChI is InChI=1S/C16H22N4OS.HI/c1-17-16(19-11-14-3-2-9-21-14)18-6-8-20-7-4-15-13(12-20)5-10-22-15;/h2-3,5,9-10H,4,6-8,11-12H2,1H3,(H2,17,18,19);1H. The fourth-order valence-electron chi connectivity index (χ4n) is 2.63. The highest BCUT2D eigenvalue weighted by atomic mass is 127. The molecule has 0 amide bonds. The molecule has 0 saturated heterocycles. The molecule has 1 aliphatic heterocycles. The van der Waals surface area contributed by atoms with E-state index in [4.69, 9.17) is 4.42 Å². The predicted octanol–water partition coefficient (Wildman–Crippen LogP) is 2.68. The van der Waals surface area contributed by atoms with E-state index in [-0.39, 0.29) is 24.0 Å². The van der Waals surface area contributed by atoms with E-state index in [0.717, 1.165) is 37.9 Å². The van der Waals surface area contributed by atoms with Crippen molar-refractivity contribution in [1.29, 1.82) is 0 Å². The number of thiophene rings is 1. The smallest absolute Gasteiger partial charge is 0.191 e. The number of halogens is 1. The van der Waals surface area contributed by atoms with Crippen LogP contribution in [0.5, 0.6) is 0 Å². The van der Waals surface area contributed by atoms with Gasteiger partial charge in [0.05, 0.1) is 12.8 Å². The molecule has 3 rings (SSSR count). The quantitative estimate of drug-likeness (QED) is 0.422. The molecule has 3 heterocycles. The van der Waals surface area contributed by atoms with E-state index in [9.17, 15) is 0 Å². The van der Waals surface area contributed by atoms with Crippen molar-refractivity contribution in [1.82, 2.24) is 15.5 Å². The number of hydrogen-bond acceptors (Lipinski definition) is 4. The van der Waals surface area contributed by atoms with Gasteiger partial charge < -0.3 is 15.1 Å². The molecule has 2 N–H and O–H groups in total. The van der Waals surface area contributed by atoms with Gasteiger partial charge in [-0.2, -0.15) is 0 Å². The third-order valence-corrected chi connectivity index (χ3v) is 4.86. The van der Waals surface area contributed by atoms with E-state index in [2.05, 4.69) is 32.0 Å². The molecule has 23 heavy (non-hydrogen) atoms. The summed E-state index contributed by atoms with van der Waals surface area (Å²) >= 11 is 1.88. The van der Waals surface area contributed by atoms with Gasteiger partial charge >= 0.3 is 0 Å². The van der Waals surface area contributed by atoms with E-state index in [0.29, 0.717) is 6.54 Å². The molecule has 0 unspecified atom stereocenters. The van der Waals surface area contributed by atoms with Crippen LogP contribution in [0.3, 0.4) is 0 Å². The lowest BCUT2D eigenvalue weighted by Gasteiger charge is -2.27. The Morgan fingerprint density at radius 3 is 3.09 bits per heavy atom. The van der Waals surface area contributed by atoms with Crippen molar-refractivity contribution in [2.24, 2.45) is 4.99 Å². The normalized spacial score (nSPS) is 14.9. The van der Waals surface area contributed by atoms with Gasteiger partial charge in [-0.15, -0.1) is 35.3 Å². The summed E-state index contributed by atoms with van der Waals surface area (Å²) in [6, 6.07) is 6.10. The van der Waals surface area contributed by atoms with Crippen LogP contribution in [0.1, 0.15) is 16.2 Å². The Balaban J connectivity index is 0.00000192. The minimum atomic E-state index is 0. The van der Waals surface area contributed by atoms with Gasteiger partial charge in [0.25, 0.3) is 0 Å². The average molecular weight is 446 g/mol. The van der Waals surface area contributed by atoms with Gasteiger partial charge in [0.2, 0.25) is 0 Å². The van der Waals surface area contributed by atoms with E-state index in [1.165, 1.54) is 12.0 Å². The summed E-state index contributed by atoms with van der Waals surface area (Å²) < 4.78 is 5.30. The van der Waals surface area contributed by atoms with Crippen LogP contribution in [0.25, 0.3) is 0 Å². The zero-order valence-corrected chi connectivity index (χ0v) is 16.4. The molecular weight excluding hydrogens is 423 g/mol.